The molecule has 0 aliphatic heterocycles. The molecular formula is C13H21NOS. The molecule has 1 N–H and O–H groups in total. The summed E-state index contributed by atoms with van der Waals surface area (Å²) in [6, 6.07) is 8.11. The average molecular weight is 239 g/mol. The lowest BCUT2D eigenvalue weighted by Gasteiger charge is -2.15. The number of rotatable bonds is 7. The van der Waals surface area contributed by atoms with E-state index in [0.717, 1.165) is 18.0 Å². The van der Waals surface area contributed by atoms with Crippen molar-refractivity contribution in [2.45, 2.75) is 26.4 Å². The van der Waals surface area contributed by atoms with E-state index in [9.17, 15) is 0 Å². The number of ether oxygens (including phenoxy) is 1. The molecule has 0 heterocycles. The smallest absolute Gasteiger partial charge is 0.142 e. The zero-order valence-electron chi connectivity index (χ0n) is 10.3. The molecule has 0 radical (unpaired) electrons. The van der Waals surface area contributed by atoms with E-state index < -0.39 is 0 Å². The minimum absolute atomic E-state index is 0.217. The van der Waals surface area contributed by atoms with Crippen molar-refractivity contribution in [3.8, 4) is 5.75 Å². The maximum Gasteiger partial charge on any atom is 0.142 e. The average Bonchev–Trinajstić information content (AvgIpc) is 2.26. The normalized spacial score (nSPS) is 10.5. The summed E-state index contributed by atoms with van der Waals surface area (Å²) in [5, 5.41) is 3.42. The Balaban J connectivity index is 2.50. The van der Waals surface area contributed by atoms with Crippen molar-refractivity contribution in [2.24, 2.45) is 0 Å². The number of nitrogens with one attached hydrogen (secondary N) is 1. The third kappa shape index (κ3) is 4.79. The van der Waals surface area contributed by atoms with Gasteiger partial charge in [-0.05, 0) is 44.4 Å². The van der Waals surface area contributed by atoms with Gasteiger partial charge in [0.1, 0.15) is 5.75 Å². The second kappa shape index (κ2) is 7.44. The summed E-state index contributed by atoms with van der Waals surface area (Å²) in [5.41, 5.74) is 1.09. The second-order valence-corrected chi connectivity index (χ2v) is 4.92. The van der Waals surface area contributed by atoms with E-state index in [0.29, 0.717) is 0 Å². The summed E-state index contributed by atoms with van der Waals surface area (Å²) in [4.78, 5) is 0. The van der Waals surface area contributed by atoms with Crippen molar-refractivity contribution >= 4 is 17.4 Å². The van der Waals surface area contributed by atoms with Gasteiger partial charge >= 0.3 is 0 Å². The molecule has 0 saturated heterocycles. The lowest BCUT2D eigenvalue weighted by Crippen LogP contribution is -2.09. The summed E-state index contributed by atoms with van der Waals surface area (Å²) in [6.45, 7) is 5.09. The number of anilines is 1. The Hall–Kier alpha value is -0.830. The van der Waals surface area contributed by atoms with Gasteiger partial charge in [-0.25, -0.2) is 0 Å². The quantitative estimate of drug-likeness (QED) is 0.734. The monoisotopic (exact) mass is 239 g/mol. The lowest BCUT2D eigenvalue weighted by molar-refractivity contribution is 0.243. The Labute approximate surface area is 103 Å². The van der Waals surface area contributed by atoms with Crippen LogP contribution in [0.5, 0.6) is 5.75 Å². The maximum atomic E-state index is 5.73. The molecule has 0 fully saturated rings. The molecule has 0 amide bonds. The number of benzene rings is 1. The first-order valence-corrected chi connectivity index (χ1v) is 7.12. The summed E-state index contributed by atoms with van der Waals surface area (Å²) >= 11 is 1.88. The van der Waals surface area contributed by atoms with Crippen LogP contribution in [0.3, 0.4) is 0 Å². The molecule has 0 spiro atoms. The van der Waals surface area contributed by atoms with Crippen molar-refractivity contribution < 1.29 is 4.74 Å². The largest absolute Gasteiger partial charge is 0.489 e. The van der Waals surface area contributed by atoms with Crippen molar-refractivity contribution in [2.75, 3.05) is 23.9 Å². The van der Waals surface area contributed by atoms with E-state index in [1.165, 1.54) is 12.2 Å². The first-order chi connectivity index (χ1) is 7.74. The molecule has 0 aliphatic rings. The molecule has 2 nitrogen and oxygen atoms in total. The first-order valence-electron chi connectivity index (χ1n) is 5.72. The number of hydrogen-bond acceptors (Lipinski definition) is 3. The SMILES string of the molecule is CSCCCNc1ccccc1OC(C)C. The highest BCUT2D eigenvalue weighted by Gasteiger charge is 2.03. The fourth-order valence-electron chi connectivity index (χ4n) is 1.41. The van der Waals surface area contributed by atoms with Gasteiger partial charge in [0.05, 0.1) is 11.8 Å². The van der Waals surface area contributed by atoms with E-state index in [1.54, 1.807) is 0 Å². The Kier molecular flexibility index (Phi) is 6.16. The zero-order chi connectivity index (χ0) is 11.8. The Bertz CT molecular complexity index is 302. The van der Waals surface area contributed by atoms with Gasteiger partial charge in [0.2, 0.25) is 0 Å². The van der Waals surface area contributed by atoms with Crippen LogP contribution < -0.4 is 10.1 Å². The van der Waals surface area contributed by atoms with Crippen LogP contribution in [0.25, 0.3) is 0 Å². The van der Waals surface area contributed by atoms with Gasteiger partial charge in [-0.15, -0.1) is 0 Å². The van der Waals surface area contributed by atoms with Crippen LogP contribution >= 0.6 is 11.8 Å². The molecule has 16 heavy (non-hydrogen) atoms. The van der Waals surface area contributed by atoms with Crippen molar-refractivity contribution in [3.63, 3.8) is 0 Å². The number of thioether (sulfide) groups is 1. The molecule has 0 atom stereocenters. The molecule has 1 aromatic carbocycles. The predicted octanol–water partition coefficient (Wildman–Crippen LogP) is 3.64. The molecule has 0 bridgehead atoms. The Morgan fingerprint density at radius 2 is 2.06 bits per heavy atom. The third-order valence-corrected chi connectivity index (χ3v) is 2.79. The van der Waals surface area contributed by atoms with Crippen LogP contribution in [-0.4, -0.2) is 24.7 Å². The van der Waals surface area contributed by atoms with Gasteiger partial charge in [-0.2, -0.15) is 11.8 Å². The topological polar surface area (TPSA) is 21.3 Å². The van der Waals surface area contributed by atoms with Gasteiger partial charge in [0, 0.05) is 6.54 Å². The number of para-hydroxylation sites is 2. The number of hydrogen-bond donors (Lipinski definition) is 1. The molecule has 0 unspecified atom stereocenters. The van der Waals surface area contributed by atoms with Crippen LogP contribution in [0.1, 0.15) is 20.3 Å². The van der Waals surface area contributed by atoms with E-state index in [-0.39, 0.29) is 6.10 Å². The van der Waals surface area contributed by atoms with Gasteiger partial charge in [-0.3, -0.25) is 0 Å². The standard InChI is InChI=1S/C13H21NOS/c1-11(2)15-13-8-5-4-7-12(13)14-9-6-10-16-3/h4-5,7-8,11,14H,6,9-10H2,1-3H3. The van der Waals surface area contributed by atoms with Gasteiger partial charge in [-0.1, -0.05) is 12.1 Å². The minimum atomic E-state index is 0.217. The van der Waals surface area contributed by atoms with Gasteiger partial charge < -0.3 is 10.1 Å². The summed E-state index contributed by atoms with van der Waals surface area (Å²) in [5.74, 6) is 2.14. The minimum Gasteiger partial charge on any atom is -0.489 e. The Morgan fingerprint density at radius 1 is 1.31 bits per heavy atom. The van der Waals surface area contributed by atoms with Crippen molar-refractivity contribution in [1.29, 1.82) is 0 Å². The molecule has 0 saturated carbocycles. The molecule has 0 aliphatic carbocycles. The predicted molar refractivity (Wildman–Crippen MR) is 73.7 cm³/mol. The van der Waals surface area contributed by atoms with Crippen LogP contribution in [0.15, 0.2) is 24.3 Å². The highest BCUT2D eigenvalue weighted by atomic mass is 32.2. The summed E-state index contributed by atoms with van der Waals surface area (Å²) in [7, 11) is 0. The van der Waals surface area contributed by atoms with Crippen LogP contribution in [0, 0.1) is 0 Å². The molecule has 0 aromatic heterocycles. The molecule has 3 heteroatoms. The van der Waals surface area contributed by atoms with Crippen LogP contribution in [0.2, 0.25) is 0 Å². The fourth-order valence-corrected chi connectivity index (χ4v) is 1.84. The van der Waals surface area contributed by atoms with Crippen LogP contribution in [-0.2, 0) is 0 Å². The molecule has 90 valence electrons. The summed E-state index contributed by atoms with van der Waals surface area (Å²) < 4.78 is 5.73. The van der Waals surface area contributed by atoms with E-state index in [2.05, 4.69) is 17.6 Å². The lowest BCUT2D eigenvalue weighted by atomic mass is 10.3. The van der Waals surface area contributed by atoms with E-state index in [1.807, 2.05) is 43.8 Å². The summed E-state index contributed by atoms with van der Waals surface area (Å²) in [6.07, 6.45) is 3.53. The van der Waals surface area contributed by atoms with Crippen LogP contribution in [0.4, 0.5) is 5.69 Å². The third-order valence-electron chi connectivity index (χ3n) is 2.09. The molecular weight excluding hydrogens is 218 g/mol. The van der Waals surface area contributed by atoms with E-state index in [4.69, 9.17) is 4.74 Å². The first kappa shape index (κ1) is 13.2. The maximum absolute atomic E-state index is 5.73. The van der Waals surface area contributed by atoms with Gasteiger partial charge in [0.15, 0.2) is 0 Å². The van der Waals surface area contributed by atoms with E-state index >= 15 is 0 Å². The zero-order valence-corrected chi connectivity index (χ0v) is 11.1. The molecule has 1 rings (SSSR count). The highest BCUT2D eigenvalue weighted by Crippen LogP contribution is 2.24. The Morgan fingerprint density at radius 3 is 2.75 bits per heavy atom. The van der Waals surface area contributed by atoms with Crippen molar-refractivity contribution in [3.05, 3.63) is 24.3 Å². The second-order valence-electron chi connectivity index (χ2n) is 3.94. The molecule has 1 aromatic rings. The van der Waals surface area contributed by atoms with Gasteiger partial charge in [0.25, 0.3) is 0 Å². The highest BCUT2D eigenvalue weighted by molar-refractivity contribution is 7.98. The van der Waals surface area contributed by atoms with Crippen molar-refractivity contribution in [1.82, 2.24) is 0 Å². The fraction of sp³-hybridized carbons (Fsp3) is 0.538.